The van der Waals surface area contributed by atoms with Gasteiger partial charge >= 0.3 is 0 Å². The van der Waals surface area contributed by atoms with E-state index in [1.165, 1.54) is 25.7 Å². The van der Waals surface area contributed by atoms with Gasteiger partial charge in [0.2, 0.25) is 5.95 Å². The minimum atomic E-state index is 0.624. The second-order valence-corrected chi connectivity index (χ2v) is 5.08. The highest BCUT2D eigenvalue weighted by atomic mass is 35.5. The maximum atomic E-state index is 6.25. The summed E-state index contributed by atoms with van der Waals surface area (Å²) >= 11 is 6.25. The van der Waals surface area contributed by atoms with Gasteiger partial charge in [-0.1, -0.05) is 24.9 Å². The summed E-state index contributed by atoms with van der Waals surface area (Å²) in [6, 6.07) is 0.624. The lowest BCUT2D eigenvalue weighted by molar-refractivity contribution is 0.704. The van der Waals surface area contributed by atoms with Crippen LogP contribution in [0.1, 0.15) is 39.5 Å². The van der Waals surface area contributed by atoms with Crippen molar-refractivity contribution in [1.82, 2.24) is 9.97 Å². The normalized spacial score (nSPS) is 14.6. The first-order chi connectivity index (χ1) is 8.76. The Kier molecular flexibility index (Phi) is 4.64. The largest absolute Gasteiger partial charge is 0.354 e. The Labute approximate surface area is 114 Å². The molecule has 100 valence electrons. The van der Waals surface area contributed by atoms with E-state index in [0.29, 0.717) is 17.0 Å². The number of aromatic nitrogens is 2. The molecule has 4 nitrogen and oxygen atoms in total. The molecule has 0 amide bonds. The van der Waals surface area contributed by atoms with Crippen molar-refractivity contribution in [2.75, 3.05) is 23.3 Å². The first kappa shape index (κ1) is 13.4. The van der Waals surface area contributed by atoms with Gasteiger partial charge in [0, 0.05) is 19.1 Å². The summed E-state index contributed by atoms with van der Waals surface area (Å²) in [5.41, 5.74) is 0. The lowest BCUT2D eigenvalue weighted by Crippen LogP contribution is -2.28. The van der Waals surface area contributed by atoms with Crippen molar-refractivity contribution in [3.8, 4) is 0 Å². The van der Waals surface area contributed by atoms with Gasteiger partial charge in [-0.15, -0.1) is 0 Å². The molecule has 0 unspecified atom stereocenters. The Bertz CT molecular complexity index is 393. The molecule has 0 radical (unpaired) electrons. The smallest absolute Gasteiger partial charge is 0.224 e. The van der Waals surface area contributed by atoms with E-state index < -0.39 is 0 Å². The summed E-state index contributed by atoms with van der Waals surface area (Å²) in [5.74, 6) is 1.55. The van der Waals surface area contributed by atoms with Crippen molar-refractivity contribution in [2.24, 2.45) is 0 Å². The van der Waals surface area contributed by atoms with E-state index in [0.717, 1.165) is 18.9 Å². The molecule has 2 rings (SSSR count). The van der Waals surface area contributed by atoms with E-state index in [4.69, 9.17) is 11.6 Å². The van der Waals surface area contributed by atoms with Crippen LogP contribution in [0, 0.1) is 0 Å². The summed E-state index contributed by atoms with van der Waals surface area (Å²) in [5, 5.41) is 3.79. The Balaban J connectivity index is 2.19. The van der Waals surface area contributed by atoms with Crippen molar-refractivity contribution < 1.29 is 0 Å². The van der Waals surface area contributed by atoms with E-state index in [9.17, 15) is 0 Å². The fourth-order valence-electron chi connectivity index (χ4n) is 1.98. The van der Waals surface area contributed by atoms with Crippen LogP contribution in [-0.4, -0.2) is 29.1 Å². The quantitative estimate of drug-likeness (QED) is 0.824. The van der Waals surface area contributed by atoms with E-state index >= 15 is 0 Å². The molecule has 1 N–H and O–H groups in total. The number of nitrogens with one attached hydrogen (secondary N) is 1. The zero-order chi connectivity index (χ0) is 13.0. The van der Waals surface area contributed by atoms with Gasteiger partial charge < -0.3 is 10.2 Å². The molecule has 0 saturated heterocycles. The zero-order valence-electron chi connectivity index (χ0n) is 11.1. The molecule has 0 bridgehead atoms. The fraction of sp³-hybridized carbons (Fsp3) is 0.692. The van der Waals surface area contributed by atoms with Crippen LogP contribution >= 0.6 is 11.6 Å². The number of halogens is 1. The summed E-state index contributed by atoms with van der Waals surface area (Å²) in [4.78, 5) is 11.1. The van der Waals surface area contributed by atoms with Crippen LogP contribution < -0.4 is 10.2 Å². The number of anilines is 2. The monoisotopic (exact) mass is 268 g/mol. The van der Waals surface area contributed by atoms with Crippen molar-refractivity contribution in [2.45, 2.75) is 45.6 Å². The summed E-state index contributed by atoms with van der Waals surface area (Å²) in [7, 11) is 0. The predicted molar refractivity (Wildman–Crippen MR) is 76.5 cm³/mol. The number of rotatable bonds is 7. The molecule has 0 aliphatic heterocycles. The van der Waals surface area contributed by atoms with Crippen LogP contribution in [-0.2, 0) is 0 Å². The highest BCUT2D eigenvalue weighted by Crippen LogP contribution is 2.34. The molecule has 1 heterocycles. The van der Waals surface area contributed by atoms with Crippen LogP contribution in [0.2, 0.25) is 5.02 Å². The summed E-state index contributed by atoms with van der Waals surface area (Å²) < 4.78 is 0. The Hall–Kier alpha value is -1.03. The Morgan fingerprint density at radius 2 is 2.22 bits per heavy atom. The average Bonchev–Trinajstić information content (AvgIpc) is 3.18. The van der Waals surface area contributed by atoms with Crippen LogP contribution in [0.3, 0.4) is 0 Å². The molecule has 1 aliphatic rings. The van der Waals surface area contributed by atoms with E-state index in [1.54, 1.807) is 6.20 Å². The van der Waals surface area contributed by atoms with Gasteiger partial charge in [0.15, 0.2) is 5.82 Å². The van der Waals surface area contributed by atoms with Gasteiger partial charge in [-0.2, -0.15) is 4.98 Å². The fourth-order valence-corrected chi connectivity index (χ4v) is 2.18. The van der Waals surface area contributed by atoms with Crippen molar-refractivity contribution in [1.29, 1.82) is 0 Å². The van der Waals surface area contributed by atoms with Crippen LogP contribution in [0.25, 0.3) is 0 Å². The first-order valence-corrected chi connectivity index (χ1v) is 7.17. The van der Waals surface area contributed by atoms with Gasteiger partial charge in [-0.05, 0) is 26.2 Å². The lowest BCUT2D eigenvalue weighted by atomic mass is 10.3. The highest BCUT2D eigenvalue weighted by Gasteiger charge is 2.31. The van der Waals surface area contributed by atoms with Crippen molar-refractivity contribution in [3.05, 3.63) is 11.2 Å². The molecule has 0 spiro atoms. The van der Waals surface area contributed by atoms with Crippen LogP contribution in [0.5, 0.6) is 0 Å². The second-order valence-electron chi connectivity index (χ2n) is 4.67. The molecule has 1 aromatic heterocycles. The third-order valence-corrected chi connectivity index (χ3v) is 3.34. The van der Waals surface area contributed by atoms with Crippen LogP contribution in [0.4, 0.5) is 11.8 Å². The SMILES string of the molecule is CCCCN(c1nc(NCC)ncc1Cl)C1CC1. The van der Waals surface area contributed by atoms with Gasteiger partial charge in [-0.25, -0.2) is 4.98 Å². The predicted octanol–water partition coefficient (Wildman–Crippen LogP) is 3.33. The van der Waals surface area contributed by atoms with E-state index in [2.05, 4.69) is 27.1 Å². The zero-order valence-corrected chi connectivity index (χ0v) is 11.9. The lowest BCUT2D eigenvalue weighted by Gasteiger charge is -2.24. The average molecular weight is 269 g/mol. The summed E-state index contributed by atoms with van der Waals surface area (Å²) in [6.07, 6.45) is 6.56. The Morgan fingerprint density at radius 1 is 1.44 bits per heavy atom. The molecular formula is C13H21ClN4. The Morgan fingerprint density at radius 3 is 2.83 bits per heavy atom. The van der Waals surface area contributed by atoms with Gasteiger partial charge in [0.1, 0.15) is 5.02 Å². The number of hydrogen-bond acceptors (Lipinski definition) is 4. The maximum Gasteiger partial charge on any atom is 0.224 e. The molecule has 18 heavy (non-hydrogen) atoms. The maximum absolute atomic E-state index is 6.25. The van der Waals surface area contributed by atoms with Gasteiger partial charge in [0.05, 0.1) is 6.20 Å². The molecule has 5 heteroatoms. The topological polar surface area (TPSA) is 41.1 Å². The number of hydrogen-bond donors (Lipinski definition) is 1. The molecular weight excluding hydrogens is 248 g/mol. The third-order valence-electron chi connectivity index (χ3n) is 3.07. The molecule has 1 aromatic rings. The van der Waals surface area contributed by atoms with Crippen LogP contribution in [0.15, 0.2) is 6.20 Å². The molecule has 0 atom stereocenters. The summed E-state index contributed by atoms with van der Waals surface area (Å²) in [6.45, 7) is 6.09. The number of unbranched alkanes of at least 4 members (excludes halogenated alkanes) is 1. The molecule has 1 fully saturated rings. The van der Waals surface area contributed by atoms with Crippen molar-refractivity contribution in [3.63, 3.8) is 0 Å². The third kappa shape index (κ3) is 3.25. The minimum Gasteiger partial charge on any atom is -0.354 e. The van der Waals surface area contributed by atoms with Crippen molar-refractivity contribution >= 4 is 23.4 Å². The molecule has 0 aromatic carbocycles. The van der Waals surface area contributed by atoms with Gasteiger partial charge in [-0.3, -0.25) is 0 Å². The second kappa shape index (κ2) is 6.23. The van der Waals surface area contributed by atoms with Gasteiger partial charge in [0.25, 0.3) is 0 Å². The standard InChI is InChI=1S/C13H21ClN4/c1-3-5-8-18(10-6-7-10)12-11(14)9-16-13(17-12)15-4-2/h9-10H,3-8H2,1-2H3,(H,15,16,17). The van der Waals surface area contributed by atoms with E-state index in [-0.39, 0.29) is 0 Å². The van der Waals surface area contributed by atoms with E-state index in [1.807, 2.05) is 6.92 Å². The number of nitrogens with zero attached hydrogens (tertiary/aromatic N) is 3. The molecule has 1 saturated carbocycles. The molecule has 1 aliphatic carbocycles. The minimum absolute atomic E-state index is 0.624. The first-order valence-electron chi connectivity index (χ1n) is 6.79. The highest BCUT2D eigenvalue weighted by molar-refractivity contribution is 6.32.